The van der Waals surface area contributed by atoms with Crippen molar-refractivity contribution in [1.82, 2.24) is 0 Å². The number of rotatable bonds is 3. The van der Waals surface area contributed by atoms with Crippen molar-refractivity contribution in [3.63, 3.8) is 0 Å². The molecule has 2 aromatic carbocycles. The van der Waals surface area contributed by atoms with Gasteiger partial charge in [0, 0.05) is 18.3 Å². The third-order valence-corrected chi connectivity index (χ3v) is 3.00. The zero-order chi connectivity index (χ0) is 19.0. The highest BCUT2D eigenvalue weighted by atomic mass is 35.6. The number of carboxylic acid groups (broad SMARTS) is 1. The first kappa shape index (κ1) is 20.8. The molecular weight excluding hydrogens is 398 g/mol. The Bertz CT molecular complexity index is 777. The van der Waals surface area contributed by atoms with Gasteiger partial charge in [-0.3, -0.25) is 15.1 Å². The number of nitro groups is 1. The van der Waals surface area contributed by atoms with Gasteiger partial charge >= 0.3 is 5.97 Å². The Balaban J connectivity index is 0.000000381. The largest absolute Gasteiger partial charge is 0.478 e. The van der Waals surface area contributed by atoms with Crippen molar-refractivity contribution in [2.24, 2.45) is 4.99 Å². The van der Waals surface area contributed by atoms with E-state index < -0.39 is 14.7 Å². The van der Waals surface area contributed by atoms with Crippen LogP contribution in [-0.4, -0.2) is 26.0 Å². The van der Waals surface area contributed by atoms with Crippen LogP contribution in [0.1, 0.15) is 5.56 Å². The van der Waals surface area contributed by atoms with Crippen LogP contribution < -0.4 is 0 Å². The highest BCUT2D eigenvalue weighted by Gasteiger charge is 2.29. The number of aliphatic imine (C=N–C) groups is 1. The van der Waals surface area contributed by atoms with Crippen LogP contribution in [0.3, 0.4) is 0 Å². The van der Waals surface area contributed by atoms with Crippen LogP contribution in [0.5, 0.6) is 0 Å². The monoisotopic (exact) mass is 406 g/mol. The maximum absolute atomic E-state index is 12.7. The van der Waals surface area contributed by atoms with Crippen LogP contribution in [0.25, 0.3) is 0 Å². The predicted molar refractivity (Wildman–Crippen MR) is 94.7 cm³/mol. The normalized spacial score (nSPS) is 10.9. The van der Waals surface area contributed by atoms with Gasteiger partial charge in [-0.25, -0.2) is 9.18 Å². The van der Waals surface area contributed by atoms with Crippen molar-refractivity contribution < 1.29 is 19.2 Å². The summed E-state index contributed by atoms with van der Waals surface area (Å²) in [6, 6.07) is 11.8. The van der Waals surface area contributed by atoms with E-state index in [1.165, 1.54) is 42.6 Å². The number of non-ortho nitro benzene ring substituents is 1. The van der Waals surface area contributed by atoms with E-state index in [9.17, 15) is 19.3 Å². The van der Waals surface area contributed by atoms with Gasteiger partial charge in [0.25, 0.3) is 9.48 Å². The van der Waals surface area contributed by atoms with E-state index in [4.69, 9.17) is 39.9 Å². The lowest BCUT2D eigenvalue weighted by Crippen LogP contribution is -2.16. The minimum absolute atomic E-state index is 0.0121. The van der Waals surface area contributed by atoms with Crippen molar-refractivity contribution in [3.8, 4) is 0 Å². The molecule has 0 aromatic heterocycles. The molecule has 0 saturated heterocycles. The molecule has 0 saturated carbocycles. The summed E-state index contributed by atoms with van der Waals surface area (Å²) < 4.78 is 10.5. The fourth-order valence-corrected chi connectivity index (χ4v) is 1.39. The first-order valence-corrected chi connectivity index (χ1v) is 7.57. The maximum Gasteiger partial charge on any atom is 0.356 e. The lowest BCUT2D eigenvalue weighted by Gasteiger charge is -1.99. The Morgan fingerprint density at radius 2 is 1.76 bits per heavy atom. The van der Waals surface area contributed by atoms with Crippen molar-refractivity contribution in [2.45, 2.75) is 3.79 Å². The van der Waals surface area contributed by atoms with Gasteiger partial charge in [-0.15, -0.1) is 0 Å². The molecule has 0 spiro atoms. The number of aliphatic carboxylic acids is 1. The summed E-state index contributed by atoms with van der Waals surface area (Å²) in [6.45, 7) is 0. The van der Waals surface area contributed by atoms with E-state index in [-0.39, 0.29) is 11.5 Å². The SMILES string of the molecule is O=C(O)C(Cl)(Cl)Cl.O=[N+]([O-])c1cccc(C=Nc2ccc(F)cc2)c1. The third-order valence-electron chi connectivity index (χ3n) is 2.51. The van der Waals surface area contributed by atoms with Gasteiger partial charge in [-0.05, 0) is 29.8 Å². The van der Waals surface area contributed by atoms with E-state index in [0.717, 1.165) is 0 Å². The molecule has 0 aliphatic carbocycles. The van der Waals surface area contributed by atoms with Gasteiger partial charge in [0.2, 0.25) is 0 Å². The molecule has 0 radical (unpaired) electrons. The van der Waals surface area contributed by atoms with Crippen molar-refractivity contribution in [2.75, 3.05) is 0 Å². The quantitative estimate of drug-likeness (QED) is 0.338. The lowest BCUT2D eigenvalue weighted by atomic mass is 10.2. The number of halogens is 4. The highest BCUT2D eigenvalue weighted by Crippen LogP contribution is 2.25. The summed E-state index contributed by atoms with van der Waals surface area (Å²) in [6.07, 6.45) is 1.50. The molecule has 6 nitrogen and oxygen atoms in total. The van der Waals surface area contributed by atoms with Gasteiger partial charge < -0.3 is 5.11 Å². The van der Waals surface area contributed by atoms with Crippen molar-refractivity contribution in [3.05, 3.63) is 70.0 Å². The van der Waals surface area contributed by atoms with Crippen molar-refractivity contribution >= 4 is 58.4 Å². The summed E-state index contributed by atoms with van der Waals surface area (Å²) in [7, 11) is 0. The summed E-state index contributed by atoms with van der Waals surface area (Å²) in [4.78, 5) is 23.8. The van der Waals surface area contributed by atoms with Crippen LogP contribution in [0.2, 0.25) is 0 Å². The van der Waals surface area contributed by atoms with E-state index in [1.807, 2.05) is 0 Å². The summed E-state index contributed by atoms with van der Waals surface area (Å²) in [5, 5.41) is 18.4. The fraction of sp³-hybridized carbons (Fsp3) is 0.0667. The average molecular weight is 408 g/mol. The Hall–Kier alpha value is -2.22. The standard InChI is InChI=1S/C13H9FN2O2.C2HCl3O2/c14-11-4-6-12(7-5-11)15-9-10-2-1-3-13(8-10)16(17)18;3-2(4,5)1(6)7/h1-9H;(H,6,7). The molecule has 0 fully saturated rings. The second-order valence-electron chi connectivity index (χ2n) is 4.39. The molecule has 25 heavy (non-hydrogen) atoms. The zero-order valence-corrected chi connectivity index (χ0v) is 14.5. The number of nitrogens with zero attached hydrogens (tertiary/aromatic N) is 2. The molecule has 0 unspecified atom stereocenters. The molecule has 0 amide bonds. The topological polar surface area (TPSA) is 92.8 Å². The number of benzene rings is 2. The number of alkyl halides is 3. The van der Waals surface area contributed by atoms with Crippen LogP contribution in [0.4, 0.5) is 15.8 Å². The summed E-state index contributed by atoms with van der Waals surface area (Å²) in [5.74, 6) is -1.79. The van der Waals surface area contributed by atoms with Crippen LogP contribution in [0.15, 0.2) is 53.5 Å². The van der Waals surface area contributed by atoms with Crippen molar-refractivity contribution in [1.29, 1.82) is 0 Å². The van der Waals surface area contributed by atoms with E-state index in [0.29, 0.717) is 11.3 Å². The first-order chi connectivity index (χ1) is 11.6. The molecule has 0 aliphatic rings. The molecule has 0 bridgehead atoms. The molecule has 10 heteroatoms. The molecule has 0 aliphatic heterocycles. The number of carbonyl (C=O) groups is 1. The third kappa shape index (κ3) is 7.93. The fourth-order valence-electron chi connectivity index (χ4n) is 1.39. The lowest BCUT2D eigenvalue weighted by molar-refractivity contribution is -0.384. The van der Waals surface area contributed by atoms with Crippen LogP contribution in [0, 0.1) is 15.9 Å². The van der Waals surface area contributed by atoms with E-state index in [1.54, 1.807) is 12.1 Å². The first-order valence-electron chi connectivity index (χ1n) is 6.44. The number of hydrogen-bond donors (Lipinski definition) is 1. The molecule has 0 heterocycles. The van der Waals surface area contributed by atoms with Gasteiger partial charge in [-0.2, -0.15) is 0 Å². The Kier molecular flexibility index (Phi) is 7.76. The second kappa shape index (κ2) is 9.31. The smallest absolute Gasteiger partial charge is 0.356 e. The molecule has 1 N–H and O–H groups in total. The van der Waals surface area contributed by atoms with E-state index in [2.05, 4.69) is 4.99 Å². The second-order valence-corrected chi connectivity index (χ2v) is 6.67. The summed E-state index contributed by atoms with van der Waals surface area (Å²) in [5.41, 5.74) is 1.22. The minimum atomic E-state index is -2.17. The predicted octanol–water partition coefficient (Wildman–Crippen LogP) is 4.93. The molecule has 2 rings (SSSR count). The minimum Gasteiger partial charge on any atom is -0.478 e. The molecular formula is C15H10Cl3FN2O4. The van der Waals surface area contributed by atoms with Crippen LogP contribution >= 0.6 is 34.8 Å². The molecule has 0 atom stereocenters. The average Bonchev–Trinajstić information content (AvgIpc) is 2.54. The van der Waals surface area contributed by atoms with Crippen LogP contribution in [-0.2, 0) is 4.79 Å². The summed E-state index contributed by atoms with van der Waals surface area (Å²) >= 11 is 14.4. The Morgan fingerprint density at radius 1 is 1.20 bits per heavy atom. The van der Waals surface area contributed by atoms with Gasteiger partial charge in [0.05, 0.1) is 10.6 Å². The number of carboxylic acids is 1. The zero-order valence-electron chi connectivity index (χ0n) is 12.3. The van der Waals surface area contributed by atoms with Gasteiger partial charge in [-0.1, -0.05) is 46.9 Å². The molecule has 2 aromatic rings. The van der Waals surface area contributed by atoms with E-state index >= 15 is 0 Å². The number of hydrogen-bond acceptors (Lipinski definition) is 4. The Labute approximate surface area is 156 Å². The van der Waals surface area contributed by atoms with Gasteiger partial charge in [0.15, 0.2) is 0 Å². The van der Waals surface area contributed by atoms with Gasteiger partial charge in [0.1, 0.15) is 5.82 Å². The highest BCUT2D eigenvalue weighted by molar-refractivity contribution is 6.75. The number of nitro benzene ring substituents is 1. The molecule has 132 valence electrons. The maximum atomic E-state index is 12.7. The Morgan fingerprint density at radius 3 is 2.24 bits per heavy atom.